The van der Waals surface area contributed by atoms with Crippen LogP contribution in [0.4, 0.5) is 13.2 Å². The number of azide groups is 1. The molecule has 0 aromatic heterocycles. The number of methoxy groups -OCH3 is 1. The van der Waals surface area contributed by atoms with Gasteiger partial charge in [-0.05, 0) is 23.2 Å². The minimum absolute atomic E-state index is 0.0683. The Hall–Kier alpha value is -1.73. The van der Waals surface area contributed by atoms with Crippen molar-refractivity contribution in [3.05, 3.63) is 44.7 Å². The molecule has 1 aromatic carbocycles. The summed E-state index contributed by atoms with van der Waals surface area (Å²) < 4.78 is 43.8. The lowest BCUT2D eigenvalue weighted by Gasteiger charge is -2.23. The lowest BCUT2D eigenvalue weighted by atomic mass is 9.93. The van der Waals surface area contributed by atoms with Gasteiger partial charge in [-0.3, -0.25) is 4.79 Å². The standard InChI is InChI=1S/C11H9BrF3N3O2/c1-20-10(19)8(11(13,14)15)9(17-18-16)6-2-4-7(12)5-3-6/h2-5,8-9H,1H3. The number of alkyl halides is 3. The molecule has 0 amide bonds. The largest absolute Gasteiger partial charge is 0.469 e. The number of esters is 1. The van der Waals surface area contributed by atoms with Crippen molar-refractivity contribution < 1.29 is 22.7 Å². The van der Waals surface area contributed by atoms with E-state index >= 15 is 0 Å². The van der Waals surface area contributed by atoms with Crippen LogP contribution in [0.2, 0.25) is 0 Å². The van der Waals surface area contributed by atoms with E-state index in [0.29, 0.717) is 4.47 Å². The molecule has 0 saturated carbocycles. The number of carbonyl (C=O) groups is 1. The van der Waals surface area contributed by atoms with Crippen LogP contribution in [0.5, 0.6) is 0 Å². The van der Waals surface area contributed by atoms with E-state index in [-0.39, 0.29) is 5.56 Å². The van der Waals surface area contributed by atoms with Gasteiger partial charge in [-0.2, -0.15) is 13.2 Å². The van der Waals surface area contributed by atoms with Gasteiger partial charge in [0.05, 0.1) is 13.2 Å². The SMILES string of the molecule is COC(=O)C(C(N=[N+]=[N-])c1ccc(Br)cc1)C(F)(F)F. The Morgan fingerprint density at radius 2 is 1.95 bits per heavy atom. The summed E-state index contributed by atoms with van der Waals surface area (Å²) in [5, 5.41) is 3.10. The molecule has 9 heteroatoms. The average molecular weight is 352 g/mol. The van der Waals surface area contributed by atoms with E-state index in [1.54, 1.807) is 0 Å². The molecular formula is C11H9BrF3N3O2. The summed E-state index contributed by atoms with van der Waals surface area (Å²) in [5.41, 5.74) is 8.52. The van der Waals surface area contributed by atoms with Crippen molar-refractivity contribution in [3.63, 3.8) is 0 Å². The quantitative estimate of drug-likeness (QED) is 0.353. The first-order valence-corrected chi connectivity index (χ1v) is 6.04. The van der Waals surface area contributed by atoms with Crippen LogP contribution in [0.15, 0.2) is 33.9 Å². The zero-order valence-electron chi connectivity index (χ0n) is 10.1. The Labute approximate surface area is 120 Å². The van der Waals surface area contributed by atoms with Crippen LogP contribution < -0.4 is 0 Å². The number of nitrogens with zero attached hydrogens (tertiary/aromatic N) is 3. The van der Waals surface area contributed by atoms with Crippen LogP contribution in [-0.2, 0) is 9.53 Å². The minimum atomic E-state index is -4.89. The van der Waals surface area contributed by atoms with E-state index in [0.717, 1.165) is 7.11 Å². The van der Waals surface area contributed by atoms with Gasteiger partial charge in [0, 0.05) is 9.38 Å². The molecule has 0 fully saturated rings. The number of halogens is 4. The van der Waals surface area contributed by atoms with Gasteiger partial charge >= 0.3 is 12.1 Å². The molecule has 0 radical (unpaired) electrons. The van der Waals surface area contributed by atoms with Crippen LogP contribution in [0.1, 0.15) is 11.6 Å². The Kier molecular flexibility index (Phi) is 5.41. The number of carbonyl (C=O) groups excluding carboxylic acids is 1. The molecular weight excluding hydrogens is 343 g/mol. The van der Waals surface area contributed by atoms with Crippen molar-refractivity contribution in [2.24, 2.45) is 11.0 Å². The highest BCUT2D eigenvalue weighted by Crippen LogP contribution is 2.39. The molecule has 0 aliphatic heterocycles. The van der Waals surface area contributed by atoms with E-state index in [4.69, 9.17) is 5.53 Å². The Morgan fingerprint density at radius 1 is 1.40 bits per heavy atom. The fraction of sp³-hybridized carbons (Fsp3) is 0.364. The Bertz CT molecular complexity index is 527. The molecule has 0 N–H and O–H groups in total. The number of rotatable bonds is 4. The van der Waals surface area contributed by atoms with Gasteiger partial charge in [-0.15, -0.1) is 0 Å². The van der Waals surface area contributed by atoms with E-state index in [9.17, 15) is 18.0 Å². The highest BCUT2D eigenvalue weighted by Gasteiger charge is 2.50. The zero-order valence-corrected chi connectivity index (χ0v) is 11.7. The summed E-state index contributed by atoms with van der Waals surface area (Å²) in [6.07, 6.45) is -4.89. The molecule has 0 aliphatic carbocycles. The topological polar surface area (TPSA) is 75.1 Å². The van der Waals surface area contributed by atoms with Gasteiger partial charge in [0.15, 0.2) is 5.92 Å². The molecule has 0 aliphatic rings. The van der Waals surface area contributed by atoms with Gasteiger partial charge in [0.1, 0.15) is 0 Å². The second-order valence-electron chi connectivity index (χ2n) is 3.74. The second-order valence-corrected chi connectivity index (χ2v) is 4.66. The smallest absolute Gasteiger partial charge is 0.402 e. The highest BCUT2D eigenvalue weighted by atomic mass is 79.9. The first kappa shape index (κ1) is 16.3. The third-order valence-corrected chi connectivity index (χ3v) is 3.04. The summed E-state index contributed by atoms with van der Waals surface area (Å²) in [7, 11) is 0.843. The summed E-state index contributed by atoms with van der Waals surface area (Å²) >= 11 is 3.14. The van der Waals surface area contributed by atoms with E-state index in [2.05, 4.69) is 30.7 Å². The summed E-state index contributed by atoms with van der Waals surface area (Å²) in [6, 6.07) is 3.93. The molecule has 2 unspecified atom stereocenters. The van der Waals surface area contributed by atoms with Gasteiger partial charge in [0.25, 0.3) is 0 Å². The number of benzene rings is 1. The van der Waals surface area contributed by atoms with Gasteiger partial charge in [-0.25, -0.2) is 0 Å². The first-order valence-electron chi connectivity index (χ1n) is 5.25. The van der Waals surface area contributed by atoms with Gasteiger partial charge in [0.2, 0.25) is 0 Å². The van der Waals surface area contributed by atoms with Crippen molar-refractivity contribution in [1.82, 2.24) is 0 Å². The summed E-state index contributed by atoms with van der Waals surface area (Å²) in [4.78, 5) is 13.8. The average Bonchev–Trinajstić information content (AvgIpc) is 2.37. The van der Waals surface area contributed by atoms with Crippen LogP contribution in [-0.4, -0.2) is 19.3 Å². The summed E-state index contributed by atoms with van der Waals surface area (Å²) in [5.74, 6) is -4.05. The van der Waals surface area contributed by atoms with Gasteiger partial charge < -0.3 is 4.74 Å². The monoisotopic (exact) mass is 351 g/mol. The molecule has 5 nitrogen and oxygen atoms in total. The van der Waals surface area contributed by atoms with Crippen molar-refractivity contribution in [3.8, 4) is 0 Å². The van der Waals surface area contributed by atoms with Gasteiger partial charge in [-0.1, -0.05) is 33.2 Å². The molecule has 108 valence electrons. The number of ether oxygens (including phenoxy) is 1. The molecule has 20 heavy (non-hydrogen) atoms. The molecule has 1 rings (SSSR count). The van der Waals surface area contributed by atoms with Crippen LogP contribution in [0.25, 0.3) is 10.4 Å². The normalized spacial score (nSPS) is 14.1. The molecule has 1 aromatic rings. The predicted octanol–water partition coefficient (Wildman–Crippen LogP) is 4.15. The van der Waals surface area contributed by atoms with E-state index in [1.165, 1.54) is 24.3 Å². The van der Waals surface area contributed by atoms with Crippen LogP contribution >= 0.6 is 15.9 Å². The van der Waals surface area contributed by atoms with Crippen molar-refractivity contribution in [2.45, 2.75) is 12.2 Å². The fourth-order valence-electron chi connectivity index (χ4n) is 1.61. The second kappa shape index (κ2) is 6.62. The van der Waals surface area contributed by atoms with Crippen molar-refractivity contribution in [1.29, 1.82) is 0 Å². The van der Waals surface area contributed by atoms with E-state index in [1.807, 2.05) is 0 Å². The van der Waals surface area contributed by atoms with Crippen molar-refractivity contribution in [2.75, 3.05) is 7.11 Å². The maximum Gasteiger partial charge on any atom is 0.402 e. The number of hydrogen-bond donors (Lipinski definition) is 0. The lowest BCUT2D eigenvalue weighted by molar-refractivity contribution is -0.200. The first-order chi connectivity index (χ1) is 9.31. The maximum absolute atomic E-state index is 13.0. The molecule has 0 spiro atoms. The van der Waals surface area contributed by atoms with Crippen LogP contribution in [0, 0.1) is 5.92 Å². The van der Waals surface area contributed by atoms with Crippen molar-refractivity contribution >= 4 is 21.9 Å². The molecule has 0 bridgehead atoms. The molecule has 0 heterocycles. The third-order valence-electron chi connectivity index (χ3n) is 2.51. The maximum atomic E-state index is 13.0. The lowest BCUT2D eigenvalue weighted by Crippen LogP contribution is -2.36. The van der Waals surface area contributed by atoms with Crippen LogP contribution in [0.3, 0.4) is 0 Å². The Morgan fingerprint density at radius 3 is 2.35 bits per heavy atom. The molecule has 2 atom stereocenters. The molecule has 0 saturated heterocycles. The minimum Gasteiger partial charge on any atom is -0.469 e. The fourth-order valence-corrected chi connectivity index (χ4v) is 1.87. The number of hydrogen-bond acceptors (Lipinski definition) is 3. The Balaban J connectivity index is 3.31. The summed E-state index contributed by atoms with van der Waals surface area (Å²) in [6.45, 7) is 0. The van der Waals surface area contributed by atoms with E-state index < -0.39 is 24.1 Å². The third kappa shape index (κ3) is 3.88. The predicted molar refractivity (Wildman–Crippen MR) is 67.6 cm³/mol. The highest BCUT2D eigenvalue weighted by molar-refractivity contribution is 9.10. The zero-order chi connectivity index (χ0) is 15.3.